The molecule has 12 heteroatoms. The number of amides is 4. The Kier molecular flexibility index (Phi) is 17.1. The van der Waals surface area contributed by atoms with Gasteiger partial charge < -0.3 is 35.2 Å². The van der Waals surface area contributed by atoms with Gasteiger partial charge in [0.25, 0.3) is 0 Å². The smallest absolute Gasteiger partial charge is 0.245 e. The molecule has 3 N–H and O–H groups in total. The zero-order chi connectivity index (χ0) is 39.4. The number of aromatic nitrogens is 1. The Labute approximate surface area is 317 Å². The van der Waals surface area contributed by atoms with E-state index in [1.54, 1.807) is 39.4 Å². The molecule has 1 aliphatic rings. The predicted octanol–water partition coefficient (Wildman–Crippen LogP) is 4.20. The van der Waals surface area contributed by atoms with Gasteiger partial charge in [-0.1, -0.05) is 73.1 Å². The summed E-state index contributed by atoms with van der Waals surface area (Å²) in [5.74, 6) is -1.28. The van der Waals surface area contributed by atoms with E-state index in [2.05, 4.69) is 40.8 Å². The van der Waals surface area contributed by atoms with Gasteiger partial charge in [0.1, 0.15) is 6.04 Å². The highest BCUT2D eigenvalue weighted by molar-refractivity contribution is 5.90. The maximum atomic E-state index is 14.2. The van der Waals surface area contributed by atoms with Crippen LogP contribution >= 0.6 is 0 Å². The summed E-state index contributed by atoms with van der Waals surface area (Å²) in [5.41, 5.74) is 2.04. The molecule has 0 saturated carbocycles. The van der Waals surface area contributed by atoms with Crippen molar-refractivity contribution in [2.75, 3.05) is 41.4 Å². The Bertz CT molecular complexity index is 1500. The van der Waals surface area contributed by atoms with Gasteiger partial charge in [0.15, 0.2) is 0 Å². The van der Waals surface area contributed by atoms with Crippen LogP contribution in [-0.2, 0) is 35.1 Å². The van der Waals surface area contributed by atoms with Gasteiger partial charge in [0.05, 0.1) is 48.2 Å². The highest BCUT2D eigenvalue weighted by atomic mass is 16.5. The third-order valence-corrected chi connectivity index (χ3v) is 11.2. The summed E-state index contributed by atoms with van der Waals surface area (Å²) in [6.45, 7) is 14.7. The normalized spacial score (nSPS) is 18.7. The number of hydrogen-bond acceptors (Lipinski definition) is 8. The number of nitrogens with zero attached hydrogens (tertiary/aromatic N) is 3. The molecule has 0 aliphatic carbocycles. The molecule has 1 saturated heterocycles. The number of benzene rings is 1. The third kappa shape index (κ3) is 11.0. The molecule has 8 atom stereocenters. The molecule has 0 radical (unpaired) electrons. The number of methoxy groups -OCH3 is 2. The second-order valence-electron chi connectivity index (χ2n) is 15.4. The van der Waals surface area contributed by atoms with E-state index in [0.29, 0.717) is 19.5 Å². The molecule has 2 heterocycles. The Morgan fingerprint density at radius 2 is 1.66 bits per heavy atom. The zero-order valence-corrected chi connectivity index (χ0v) is 34.0. The van der Waals surface area contributed by atoms with Crippen molar-refractivity contribution in [1.82, 2.24) is 30.7 Å². The molecule has 1 aromatic heterocycles. The van der Waals surface area contributed by atoms with Gasteiger partial charge >= 0.3 is 0 Å². The van der Waals surface area contributed by atoms with Crippen LogP contribution in [-0.4, -0.2) is 116 Å². The van der Waals surface area contributed by atoms with Crippen molar-refractivity contribution < 1.29 is 28.7 Å². The molecule has 2 aromatic rings. The number of carbonyl (C=O) groups excluding carboxylic acids is 4. The average Bonchev–Trinajstić information content (AvgIpc) is 3.63. The average molecular weight is 739 g/mol. The van der Waals surface area contributed by atoms with Crippen LogP contribution in [0.2, 0.25) is 0 Å². The van der Waals surface area contributed by atoms with Crippen molar-refractivity contribution in [3.8, 4) is 0 Å². The zero-order valence-electron chi connectivity index (χ0n) is 34.0. The van der Waals surface area contributed by atoms with Gasteiger partial charge in [0.2, 0.25) is 23.6 Å². The molecule has 0 bridgehead atoms. The summed E-state index contributed by atoms with van der Waals surface area (Å²) in [7, 11) is 6.66. The summed E-state index contributed by atoms with van der Waals surface area (Å²) < 4.78 is 12.0. The number of nitrogens with one attached hydrogen (secondary N) is 3. The lowest BCUT2D eigenvalue weighted by Gasteiger charge is -2.41. The maximum Gasteiger partial charge on any atom is 0.245 e. The number of fused-ring (bicyclic) bond motifs is 1. The van der Waals surface area contributed by atoms with Gasteiger partial charge in [-0.15, -0.1) is 0 Å². The molecule has 53 heavy (non-hydrogen) atoms. The Hall–Kier alpha value is -3.61. The largest absolute Gasteiger partial charge is 0.379 e. The van der Waals surface area contributed by atoms with Crippen molar-refractivity contribution in [1.29, 1.82) is 0 Å². The first-order valence-corrected chi connectivity index (χ1v) is 19.4. The molecule has 1 aliphatic heterocycles. The van der Waals surface area contributed by atoms with Crippen LogP contribution in [0.1, 0.15) is 79.7 Å². The van der Waals surface area contributed by atoms with E-state index in [4.69, 9.17) is 9.47 Å². The van der Waals surface area contributed by atoms with E-state index in [9.17, 15) is 19.2 Å². The number of carbonyl (C=O) groups is 4. The lowest BCUT2D eigenvalue weighted by atomic mass is 9.89. The molecule has 1 aromatic carbocycles. The fourth-order valence-corrected chi connectivity index (χ4v) is 7.92. The first-order chi connectivity index (χ1) is 25.2. The minimum atomic E-state index is -0.746. The van der Waals surface area contributed by atoms with Gasteiger partial charge in [-0.3, -0.25) is 24.2 Å². The van der Waals surface area contributed by atoms with Gasteiger partial charge in [-0.2, -0.15) is 0 Å². The molecule has 0 unspecified atom stereocenters. The standard InChI is InChI=1S/C41H66N6O6/c1-12-27(6)37(46(9)41(51)36(26(4)5)45-40(50)35(42-8)25(2)3)33(52-10)24-34(48)47-23-15-19-32(47)38(53-11)28(7)39(49)44-22-20-29-16-13-18-31-30(29)17-14-21-43-31/h13-14,16-18,21,25-28,32-33,35-38,42H,12,15,19-20,22-24H2,1-11H3,(H,44,49)(H,45,50)/t27-,28+,32-,33+,35-,36-,37-,38+/m0/s1. The number of pyridine rings is 1. The molecule has 3 rings (SSSR count). The Morgan fingerprint density at radius 1 is 0.962 bits per heavy atom. The van der Waals surface area contributed by atoms with E-state index >= 15 is 0 Å². The molecule has 0 spiro atoms. The van der Waals surface area contributed by atoms with E-state index in [-0.39, 0.29) is 53.8 Å². The number of hydrogen-bond donors (Lipinski definition) is 3. The highest BCUT2D eigenvalue weighted by Crippen LogP contribution is 2.30. The molecule has 12 nitrogen and oxygen atoms in total. The topological polar surface area (TPSA) is 142 Å². The first-order valence-electron chi connectivity index (χ1n) is 19.4. The van der Waals surface area contributed by atoms with E-state index in [1.165, 1.54) is 0 Å². The Morgan fingerprint density at radius 3 is 2.26 bits per heavy atom. The van der Waals surface area contributed by atoms with Crippen molar-refractivity contribution in [2.45, 2.75) is 117 Å². The minimum Gasteiger partial charge on any atom is -0.379 e. The lowest BCUT2D eigenvalue weighted by molar-refractivity contribution is -0.147. The molecular weight excluding hydrogens is 672 g/mol. The monoisotopic (exact) mass is 739 g/mol. The Balaban J connectivity index is 1.72. The van der Waals surface area contributed by atoms with Crippen LogP contribution in [0.25, 0.3) is 10.9 Å². The summed E-state index contributed by atoms with van der Waals surface area (Å²) in [5, 5.41) is 10.2. The quantitative estimate of drug-likeness (QED) is 0.184. The molecule has 1 fully saturated rings. The SMILES string of the molecule is CC[C@H](C)[C@@H]([C@@H](CC(=O)N1CCC[C@H]1[C@H](OC)[C@@H](C)C(=O)NCCc1cccc2ncccc12)OC)N(C)C(=O)[C@@H](NC(=O)[C@@H](NC)C(C)C)C(C)C. The van der Waals surface area contributed by atoms with Crippen molar-refractivity contribution in [3.05, 3.63) is 42.1 Å². The van der Waals surface area contributed by atoms with Crippen LogP contribution in [0, 0.1) is 23.7 Å². The number of likely N-dealkylation sites (N-methyl/N-ethyl adjacent to an activating group) is 2. The van der Waals surface area contributed by atoms with Crippen LogP contribution in [0.15, 0.2) is 36.5 Å². The second kappa shape index (κ2) is 20.7. The number of rotatable bonds is 20. The van der Waals surface area contributed by atoms with Gasteiger partial charge in [0, 0.05) is 45.9 Å². The number of ether oxygens (including phenoxy) is 2. The highest BCUT2D eigenvalue weighted by Gasteiger charge is 2.43. The van der Waals surface area contributed by atoms with E-state index in [1.807, 2.05) is 63.8 Å². The minimum absolute atomic E-state index is 0.000823. The fraction of sp³-hybridized carbons (Fsp3) is 0.683. The number of likely N-dealkylation sites (tertiary alicyclic amines) is 1. The van der Waals surface area contributed by atoms with Crippen LogP contribution in [0.5, 0.6) is 0 Å². The first kappa shape index (κ1) is 43.8. The second-order valence-corrected chi connectivity index (χ2v) is 15.4. The summed E-state index contributed by atoms with van der Waals surface area (Å²) >= 11 is 0. The molecular formula is C41H66N6O6. The van der Waals surface area contributed by atoms with Gasteiger partial charge in [-0.05, 0) is 61.8 Å². The van der Waals surface area contributed by atoms with Crippen LogP contribution < -0.4 is 16.0 Å². The van der Waals surface area contributed by atoms with E-state index < -0.39 is 36.3 Å². The van der Waals surface area contributed by atoms with E-state index in [0.717, 1.165) is 35.7 Å². The van der Waals surface area contributed by atoms with Crippen molar-refractivity contribution >= 4 is 34.5 Å². The summed E-state index contributed by atoms with van der Waals surface area (Å²) in [6.07, 6.45) is 3.68. The lowest BCUT2D eigenvalue weighted by Crippen LogP contribution is -2.59. The van der Waals surface area contributed by atoms with Crippen LogP contribution in [0.4, 0.5) is 0 Å². The van der Waals surface area contributed by atoms with Crippen LogP contribution in [0.3, 0.4) is 0 Å². The summed E-state index contributed by atoms with van der Waals surface area (Å²) in [4.78, 5) is 62.9. The van der Waals surface area contributed by atoms with Crippen molar-refractivity contribution in [3.63, 3.8) is 0 Å². The maximum absolute atomic E-state index is 14.2. The summed E-state index contributed by atoms with van der Waals surface area (Å²) in [6, 6.07) is 8.09. The molecule has 4 amide bonds. The third-order valence-electron chi connectivity index (χ3n) is 11.2. The predicted molar refractivity (Wildman–Crippen MR) is 209 cm³/mol. The van der Waals surface area contributed by atoms with Crippen molar-refractivity contribution in [2.24, 2.45) is 23.7 Å². The van der Waals surface area contributed by atoms with Gasteiger partial charge in [-0.25, -0.2) is 0 Å². The fourth-order valence-electron chi connectivity index (χ4n) is 7.92. The molecule has 296 valence electrons.